The first kappa shape index (κ1) is 23.9. The topological polar surface area (TPSA) is 24.9 Å². The van der Waals surface area contributed by atoms with E-state index in [1.165, 1.54) is 77.3 Å². The minimum absolute atomic E-state index is 0.860. The lowest BCUT2D eigenvalue weighted by Crippen LogP contribution is -2.36. The molecule has 0 amide bonds. The Morgan fingerprint density at radius 2 is 0.846 bits per heavy atom. The maximum Gasteiger partial charge on any atom is 0.0594 e. The Balaban J connectivity index is 2.16. The molecule has 0 aromatic carbocycles. The van der Waals surface area contributed by atoms with E-state index in [9.17, 15) is 0 Å². The molecule has 1 rings (SSSR count). The van der Waals surface area contributed by atoms with E-state index < -0.39 is 0 Å². The Kier molecular flexibility index (Phi) is 16.7. The molecule has 26 heavy (non-hydrogen) atoms. The summed E-state index contributed by atoms with van der Waals surface area (Å²) in [7, 11) is 0. The summed E-state index contributed by atoms with van der Waals surface area (Å²) in [4.78, 5) is 5.05. The fraction of sp³-hybridized carbons (Fsp3) is 1.00. The van der Waals surface area contributed by atoms with Gasteiger partial charge in [0, 0.05) is 26.2 Å². The molecule has 0 atom stereocenters. The van der Waals surface area contributed by atoms with Crippen LogP contribution in [0.4, 0.5) is 0 Å². The highest BCUT2D eigenvalue weighted by atomic mass is 16.5. The first-order valence-corrected chi connectivity index (χ1v) is 11.5. The first-order chi connectivity index (χ1) is 12.9. The largest absolute Gasteiger partial charge is 0.379 e. The molecule has 0 aromatic heterocycles. The molecular formula is C22H46N2O2. The smallest absolute Gasteiger partial charge is 0.0594 e. The Morgan fingerprint density at radius 3 is 1.19 bits per heavy atom. The van der Waals surface area contributed by atoms with E-state index in [1.54, 1.807) is 0 Å². The zero-order valence-electron chi connectivity index (χ0n) is 17.9. The maximum absolute atomic E-state index is 5.93. The molecule has 4 nitrogen and oxygen atoms in total. The second-order valence-electron chi connectivity index (χ2n) is 7.74. The zero-order valence-corrected chi connectivity index (χ0v) is 17.9. The number of hydrogen-bond donors (Lipinski definition) is 0. The lowest BCUT2D eigenvalue weighted by Gasteiger charge is -2.26. The maximum atomic E-state index is 5.93. The predicted molar refractivity (Wildman–Crippen MR) is 112 cm³/mol. The molecule has 1 aliphatic heterocycles. The molecule has 0 N–H and O–H groups in total. The van der Waals surface area contributed by atoms with Gasteiger partial charge in [-0.3, -0.25) is 9.80 Å². The lowest BCUT2D eigenvalue weighted by atomic mass is 10.1. The van der Waals surface area contributed by atoms with Gasteiger partial charge in [-0.25, -0.2) is 0 Å². The van der Waals surface area contributed by atoms with E-state index in [1.807, 2.05) is 0 Å². The lowest BCUT2D eigenvalue weighted by molar-refractivity contribution is 0.0372. The predicted octanol–water partition coefficient (Wildman–Crippen LogP) is 4.58. The molecule has 0 bridgehead atoms. The summed E-state index contributed by atoms with van der Waals surface area (Å²) < 4.78 is 11.9. The van der Waals surface area contributed by atoms with Crippen LogP contribution in [0, 0.1) is 0 Å². The van der Waals surface area contributed by atoms with Gasteiger partial charge < -0.3 is 9.47 Å². The SMILES string of the molecule is CCCCCCCN1CCOCCN(CCCCCCC)CCOCC1. The number of ether oxygens (including phenoxy) is 2. The quantitative estimate of drug-likeness (QED) is 0.470. The molecule has 156 valence electrons. The van der Waals surface area contributed by atoms with E-state index in [0.717, 1.165) is 52.6 Å². The van der Waals surface area contributed by atoms with Crippen molar-refractivity contribution in [3.8, 4) is 0 Å². The van der Waals surface area contributed by atoms with Crippen LogP contribution >= 0.6 is 0 Å². The van der Waals surface area contributed by atoms with Crippen molar-refractivity contribution in [1.82, 2.24) is 9.80 Å². The van der Waals surface area contributed by atoms with E-state index in [-0.39, 0.29) is 0 Å². The highest BCUT2D eigenvalue weighted by Gasteiger charge is 2.09. The Bertz CT molecular complexity index is 249. The van der Waals surface area contributed by atoms with Gasteiger partial charge in [0.05, 0.1) is 26.4 Å². The summed E-state index contributed by atoms with van der Waals surface area (Å²) in [5, 5.41) is 0. The summed E-state index contributed by atoms with van der Waals surface area (Å²) in [6, 6.07) is 0. The van der Waals surface area contributed by atoms with Crippen LogP contribution in [0.2, 0.25) is 0 Å². The van der Waals surface area contributed by atoms with Crippen LogP contribution in [-0.2, 0) is 9.47 Å². The van der Waals surface area contributed by atoms with E-state index >= 15 is 0 Å². The molecule has 1 aliphatic rings. The molecule has 4 heteroatoms. The van der Waals surface area contributed by atoms with Crippen molar-refractivity contribution in [2.45, 2.75) is 78.1 Å². The zero-order chi connectivity index (χ0) is 18.7. The summed E-state index contributed by atoms with van der Waals surface area (Å²) in [6.45, 7) is 14.6. The molecule has 0 saturated carbocycles. The van der Waals surface area contributed by atoms with Gasteiger partial charge in [-0.1, -0.05) is 65.2 Å². The molecule has 0 aromatic rings. The van der Waals surface area contributed by atoms with Crippen molar-refractivity contribution in [3.63, 3.8) is 0 Å². The highest BCUT2D eigenvalue weighted by Crippen LogP contribution is 2.06. The van der Waals surface area contributed by atoms with Gasteiger partial charge in [0.1, 0.15) is 0 Å². The van der Waals surface area contributed by atoms with Gasteiger partial charge in [0.15, 0.2) is 0 Å². The van der Waals surface area contributed by atoms with Crippen LogP contribution in [0.3, 0.4) is 0 Å². The summed E-state index contributed by atoms with van der Waals surface area (Å²) >= 11 is 0. The van der Waals surface area contributed by atoms with Crippen molar-refractivity contribution < 1.29 is 9.47 Å². The number of rotatable bonds is 12. The molecule has 1 fully saturated rings. The van der Waals surface area contributed by atoms with Crippen LogP contribution < -0.4 is 0 Å². The third-order valence-corrected chi connectivity index (χ3v) is 5.36. The van der Waals surface area contributed by atoms with E-state index in [0.29, 0.717) is 0 Å². The average molecular weight is 371 g/mol. The third-order valence-electron chi connectivity index (χ3n) is 5.36. The van der Waals surface area contributed by atoms with Crippen molar-refractivity contribution in [1.29, 1.82) is 0 Å². The molecule has 1 heterocycles. The van der Waals surface area contributed by atoms with E-state index in [4.69, 9.17) is 9.47 Å². The van der Waals surface area contributed by atoms with Gasteiger partial charge in [-0.2, -0.15) is 0 Å². The molecule has 1 saturated heterocycles. The molecular weight excluding hydrogens is 324 g/mol. The van der Waals surface area contributed by atoms with Gasteiger partial charge in [-0.05, 0) is 25.9 Å². The Labute approximate surface area is 163 Å². The summed E-state index contributed by atoms with van der Waals surface area (Å²) in [6.07, 6.45) is 13.5. The van der Waals surface area contributed by atoms with Crippen LogP contribution in [0.1, 0.15) is 78.1 Å². The number of hydrogen-bond acceptors (Lipinski definition) is 4. The monoisotopic (exact) mass is 370 g/mol. The van der Waals surface area contributed by atoms with Crippen molar-refractivity contribution >= 4 is 0 Å². The second kappa shape index (κ2) is 18.2. The second-order valence-corrected chi connectivity index (χ2v) is 7.74. The average Bonchev–Trinajstić information content (AvgIpc) is 2.64. The van der Waals surface area contributed by atoms with Gasteiger partial charge in [0.2, 0.25) is 0 Å². The van der Waals surface area contributed by atoms with Gasteiger partial charge >= 0.3 is 0 Å². The van der Waals surface area contributed by atoms with E-state index in [2.05, 4.69) is 23.6 Å². The molecule has 0 aliphatic carbocycles. The minimum Gasteiger partial charge on any atom is -0.379 e. The molecule has 0 radical (unpaired) electrons. The molecule has 0 spiro atoms. The van der Waals surface area contributed by atoms with Crippen LogP contribution in [0.25, 0.3) is 0 Å². The van der Waals surface area contributed by atoms with Gasteiger partial charge in [-0.15, -0.1) is 0 Å². The van der Waals surface area contributed by atoms with Crippen LogP contribution in [0.5, 0.6) is 0 Å². The fourth-order valence-corrected chi connectivity index (χ4v) is 3.53. The van der Waals surface area contributed by atoms with Crippen molar-refractivity contribution in [3.05, 3.63) is 0 Å². The minimum atomic E-state index is 0.860. The Morgan fingerprint density at radius 1 is 0.500 bits per heavy atom. The van der Waals surface area contributed by atoms with Crippen LogP contribution in [0.15, 0.2) is 0 Å². The number of nitrogens with zero attached hydrogens (tertiary/aromatic N) is 2. The van der Waals surface area contributed by atoms with Crippen LogP contribution in [-0.4, -0.2) is 75.5 Å². The third kappa shape index (κ3) is 14.0. The fourth-order valence-electron chi connectivity index (χ4n) is 3.53. The standard InChI is InChI=1S/C22H46N2O2/c1-3-5-7-9-11-13-23-15-19-25-21-17-24(18-22-26-20-16-23)14-12-10-8-6-4-2/h3-22H2,1-2H3. The normalized spacial score (nSPS) is 19.2. The Hall–Kier alpha value is -0.160. The van der Waals surface area contributed by atoms with Crippen molar-refractivity contribution in [2.75, 3.05) is 65.7 Å². The van der Waals surface area contributed by atoms with Gasteiger partial charge in [0.25, 0.3) is 0 Å². The highest BCUT2D eigenvalue weighted by molar-refractivity contribution is 4.62. The molecule has 0 unspecified atom stereocenters. The summed E-state index contributed by atoms with van der Waals surface area (Å²) in [5.74, 6) is 0. The number of unbranched alkanes of at least 4 members (excludes halogenated alkanes) is 8. The summed E-state index contributed by atoms with van der Waals surface area (Å²) in [5.41, 5.74) is 0. The first-order valence-electron chi connectivity index (χ1n) is 11.5. The van der Waals surface area contributed by atoms with Crippen molar-refractivity contribution in [2.24, 2.45) is 0 Å².